The van der Waals surface area contributed by atoms with Gasteiger partial charge in [0.25, 0.3) is 0 Å². The van der Waals surface area contributed by atoms with E-state index in [0.717, 1.165) is 34.7 Å². The molecule has 2 heterocycles. The third-order valence-corrected chi connectivity index (χ3v) is 3.57. The normalized spacial score (nSPS) is 14.8. The van der Waals surface area contributed by atoms with Crippen LogP contribution in [-0.4, -0.2) is 14.8 Å². The number of nitrogens with zero attached hydrogens (tertiary/aromatic N) is 3. The summed E-state index contributed by atoms with van der Waals surface area (Å²) < 4.78 is 3.09. The number of halogens is 1. The Kier molecular flexibility index (Phi) is 2.52. The van der Waals surface area contributed by atoms with Crippen LogP contribution in [0.1, 0.15) is 18.7 Å². The first kappa shape index (κ1) is 10.0. The lowest BCUT2D eigenvalue weighted by Crippen LogP contribution is -2.11. The van der Waals surface area contributed by atoms with Crippen LogP contribution < -0.4 is 0 Å². The summed E-state index contributed by atoms with van der Waals surface area (Å²) in [6.07, 6.45) is 3.50. The molecule has 0 saturated heterocycles. The van der Waals surface area contributed by atoms with Gasteiger partial charge in [0, 0.05) is 23.0 Å². The van der Waals surface area contributed by atoms with Gasteiger partial charge in [-0.15, -0.1) is 0 Å². The molecule has 0 fully saturated rings. The average molecular weight is 278 g/mol. The maximum atomic E-state index is 4.60. The number of hydrogen-bond acceptors (Lipinski definition) is 2. The van der Waals surface area contributed by atoms with Crippen LogP contribution in [0.5, 0.6) is 0 Å². The fourth-order valence-electron chi connectivity index (χ4n) is 2.04. The molecule has 0 saturated carbocycles. The molecule has 2 aromatic rings. The van der Waals surface area contributed by atoms with Gasteiger partial charge in [0.2, 0.25) is 0 Å². The third kappa shape index (κ3) is 1.67. The molecule has 0 aliphatic carbocycles. The Morgan fingerprint density at radius 3 is 2.88 bits per heavy atom. The molecule has 0 atom stereocenters. The molecule has 0 N–H and O–H groups in total. The van der Waals surface area contributed by atoms with E-state index in [2.05, 4.69) is 26.0 Å². The molecule has 3 nitrogen and oxygen atoms in total. The highest BCUT2D eigenvalue weighted by Gasteiger charge is 2.15. The van der Waals surface area contributed by atoms with Gasteiger partial charge in [-0.3, -0.25) is 0 Å². The van der Waals surface area contributed by atoms with Gasteiger partial charge in [0.15, 0.2) is 5.82 Å². The van der Waals surface area contributed by atoms with Gasteiger partial charge in [0.05, 0.1) is 0 Å². The molecule has 3 rings (SSSR count). The van der Waals surface area contributed by atoms with Crippen LogP contribution in [0.2, 0.25) is 0 Å². The maximum absolute atomic E-state index is 4.60. The van der Waals surface area contributed by atoms with Gasteiger partial charge in [-0.1, -0.05) is 28.1 Å². The highest BCUT2D eigenvalue weighted by atomic mass is 79.9. The minimum Gasteiger partial charge on any atom is -0.249 e. The van der Waals surface area contributed by atoms with Crippen LogP contribution in [0.25, 0.3) is 11.4 Å². The second-order valence-electron chi connectivity index (χ2n) is 4.01. The molecule has 82 valence electrons. The zero-order valence-electron chi connectivity index (χ0n) is 8.86. The molecule has 0 bridgehead atoms. The second kappa shape index (κ2) is 4.01. The van der Waals surface area contributed by atoms with E-state index in [1.165, 1.54) is 12.8 Å². The molecule has 0 unspecified atom stereocenters. The largest absolute Gasteiger partial charge is 0.249 e. The Balaban J connectivity index is 2.07. The SMILES string of the molecule is Brc1ccccc1-c1nc2n(n1)CCCC2. The zero-order valence-corrected chi connectivity index (χ0v) is 10.4. The van der Waals surface area contributed by atoms with E-state index in [0.29, 0.717) is 0 Å². The van der Waals surface area contributed by atoms with Gasteiger partial charge >= 0.3 is 0 Å². The van der Waals surface area contributed by atoms with E-state index in [9.17, 15) is 0 Å². The number of fused-ring (bicyclic) bond motifs is 1. The van der Waals surface area contributed by atoms with E-state index < -0.39 is 0 Å². The molecule has 0 radical (unpaired) electrons. The van der Waals surface area contributed by atoms with E-state index >= 15 is 0 Å². The second-order valence-corrected chi connectivity index (χ2v) is 4.87. The lowest BCUT2D eigenvalue weighted by molar-refractivity contribution is 0.480. The number of benzene rings is 1. The van der Waals surface area contributed by atoms with Crippen LogP contribution in [0.3, 0.4) is 0 Å². The smallest absolute Gasteiger partial charge is 0.182 e. The lowest BCUT2D eigenvalue weighted by Gasteiger charge is -2.09. The van der Waals surface area contributed by atoms with Gasteiger partial charge < -0.3 is 0 Å². The van der Waals surface area contributed by atoms with Crippen molar-refractivity contribution in [2.45, 2.75) is 25.8 Å². The monoisotopic (exact) mass is 277 g/mol. The first-order valence-corrected chi connectivity index (χ1v) is 6.32. The first-order valence-electron chi connectivity index (χ1n) is 5.53. The maximum Gasteiger partial charge on any atom is 0.182 e. The molecule has 4 heteroatoms. The quantitative estimate of drug-likeness (QED) is 0.802. The minimum atomic E-state index is 0.837. The van der Waals surface area contributed by atoms with Crippen LogP contribution in [-0.2, 0) is 13.0 Å². The predicted molar refractivity (Wildman–Crippen MR) is 66.1 cm³/mol. The topological polar surface area (TPSA) is 30.7 Å². The molecule has 1 aromatic heterocycles. The summed E-state index contributed by atoms with van der Waals surface area (Å²) in [4.78, 5) is 4.60. The van der Waals surface area contributed by atoms with Gasteiger partial charge in [0.1, 0.15) is 5.82 Å². The molecular formula is C12H12BrN3. The predicted octanol–water partition coefficient (Wildman–Crippen LogP) is 3.04. The van der Waals surface area contributed by atoms with E-state index in [1.807, 2.05) is 28.9 Å². The fourth-order valence-corrected chi connectivity index (χ4v) is 2.50. The highest BCUT2D eigenvalue weighted by Crippen LogP contribution is 2.26. The van der Waals surface area contributed by atoms with Crippen molar-refractivity contribution in [1.82, 2.24) is 14.8 Å². The van der Waals surface area contributed by atoms with Crippen molar-refractivity contribution in [1.29, 1.82) is 0 Å². The average Bonchev–Trinajstić information content (AvgIpc) is 2.73. The Bertz CT molecular complexity index is 495. The minimum absolute atomic E-state index is 0.837. The van der Waals surface area contributed by atoms with Gasteiger partial charge in [-0.25, -0.2) is 9.67 Å². The van der Waals surface area contributed by atoms with Gasteiger partial charge in [-0.2, -0.15) is 5.10 Å². The molecule has 1 aliphatic heterocycles. The lowest BCUT2D eigenvalue weighted by atomic mass is 10.2. The van der Waals surface area contributed by atoms with Crippen molar-refractivity contribution in [3.8, 4) is 11.4 Å². The number of rotatable bonds is 1. The first-order chi connectivity index (χ1) is 7.84. The summed E-state index contributed by atoms with van der Waals surface area (Å²) in [7, 11) is 0. The highest BCUT2D eigenvalue weighted by molar-refractivity contribution is 9.10. The van der Waals surface area contributed by atoms with Crippen LogP contribution >= 0.6 is 15.9 Å². The summed E-state index contributed by atoms with van der Waals surface area (Å²) in [5.41, 5.74) is 1.07. The summed E-state index contributed by atoms with van der Waals surface area (Å²) in [5.74, 6) is 1.96. The Labute approximate surface area is 103 Å². The number of aromatic nitrogens is 3. The molecular weight excluding hydrogens is 266 g/mol. The zero-order chi connectivity index (χ0) is 11.0. The van der Waals surface area contributed by atoms with Crippen molar-refractivity contribution in [3.05, 3.63) is 34.6 Å². The van der Waals surface area contributed by atoms with E-state index in [1.54, 1.807) is 0 Å². The Morgan fingerprint density at radius 2 is 2.06 bits per heavy atom. The molecule has 16 heavy (non-hydrogen) atoms. The van der Waals surface area contributed by atoms with Gasteiger partial charge in [-0.05, 0) is 25.0 Å². The summed E-state index contributed by atoms with van der Waals surface area (Å²) in [6, 6.07) is 8.09. The van der Waals surface area contributed by atoms with Crippen molar-refractivity contribution < 1.29 is 0 Å². The summed E-state index contributed by atoms with van der Waals surface area (Å²) in [6.45, 7) is 1.01. The Hall–Kier alpha value is -1.16. The number of hydrogen-bond donors (Lipinski definition) is 0. The van der Waals surface area contributed by atoms with E-state index in [4.69, 9.17) is 0 Å². The molecule has 0 amide bonds. The summed E-state index contributed by atoms with van der Waals surface area (Å²) in [5, 5.41) is 4.56. The number of aryl methyl sites for hydroxylation is 2. The standard InChI is InChI=1S/C12H12BrN3/c13-10-6-2-1-5-9(10)12-14-11-7-3-4-8-16(11)15-12/h1-2,5-6H,3-4,7-8H2. The van der Waals surface area contributed by atoms with Crippen LogP contribution in [0.15, 0.2) is 28.7 Å². The van der Waals surface area contributed by atoms with E-state index in [-0.39, 0.29) is 0 Å². The van der Waals surface area contributed by atoms with Crippen LogP contribution in [0, 0.1) is 0 Å². The van der Waals surface area contributed by atoms with Crippen molar-refractivity contribution in [2.24, 2.45) is 0 Å². The van der Waals surface area contributed by atoms with Crippen molar-refractivity contribution >= 4 is 15.9 Å². The molecule has 0 spiro atoms. The van der Waals surface area contributed by atoms with Crippen molar-refractivity contribution in [3.63, 3.8) is 0 Å². The van der Waals surface area contributed by atoms with Crippen LogP contribution in [0.4, 0.5) is 0 Å². The van der Waals surface area contributed by atoms with Crippen molar-refractivity contribution in [2.75, 3.05) is 0 Å². The molecule has 1 aromatic carbocycles. The third-order valence-electron chi connectivity index (χ3n) is 2.88. The molecule has 1 aliphatic rings. The fraction of sp³-hybridized carbons (Fsp3) is 0.333. The Morgan fingerprint density at radius 1 is 1.19 bits per heavy atom. The summed E-state index contributed by atoms with van der Waals surface area (Å²) >= 11 is 3.54.